The molecule has 0 amide bonds. The highest BCUT2D eigenvalue weighted by Gasteiger charge is 2.11. The van der Waals surface area contributed by atoms with Crippen LogP contribution in [0.4, 0.5) is 0 Å². The first-order valence-electron chi connectivity index (χ1n) is 7.72. The number of pyridine rings is 1. The number of para-hydroxylation sites is 1. The van der Waals surface area contributed by atoms with Crippen molar-refractivity contribution < 1.29 is 9.57 Å². The molecule has 0 saturated carbocycles. The van der Waals surface area contributed by atoms with E-state index in [0.717, 1.165) is 16.7 Å². The molecule has 6 heteroatoms. The van der Waals surface area contributed by atoms with Crippen LogP contribution < -0.4 is 9.57 Å². The molecule has 0 aliphatic carbocycles. The topological polar surface area (TPSA) is 62.1 Å². The smallest absolute Gasteiger partial charge is 0.213 e. The number of rotatable bonds is 6. The maximum absolute atomic E-state index is 5.85. The molecule has 3 aromatic rings. The van der Waals surface area contributed by atoms with Gasteiger partial charge in [0.15, 0.2) is 0 Å². The molecule has 0 spiro atoms. The van der Waals surface area contributed by atoms with Gasteiger partial charge in [0.2, 0.25) is 5.88 Å². The Morgan fingerprint density at radius 2 is 1.87 bits per heavy atom. The zero-order valence-electron chi connectivity index (χ0n) is 13.5. The fraction of sp³-hybridized carbons (Fsp3) is 0.353. The van der Waals surface area contributed by atoms with E-state index in [2.05, 4.69) is 15.3 Å². The van der Waals surface area contributed by atoms with Crippen molar-refractivity contribution in [3.05, 3.63) is 48.2 Å². The van der Waals surface area contributed by atoms with Crippen LogP contribution >= 0.6 is 0 Å². The molecule has 1 aromatic carbocycles. The van der Waals surface area contributed by atoms with Gasteiger partial charge in [-0.3, -0.25) is 0 Å². The lowest BCUT2D eigenvalue weighted by atomic mass is 10.2. The molecule has 120 valence electrons. The van der Waals surface area contributed by atoms with Crippen LogP contribution in [0.1, 0.15) is 26.5 Å². The molecule has 0 saturated heterocycles. The number of fused-ring (bicyclic) bond motifs is 1. The van der Waals surface area contributed by atoms with Gasteiger partial charge in [-0.25, -0.2) is 4.98 Å². The molecule has 0 radical (unpaired) electrons. The molecular formula is C17H20N4O2. The van der Waals surface area contributed by atoms with E-state index in [9.17, 15) is 0 Å². The number of hydrogen-bond donors (Lipinski definition) is 0. The van der Waals surface area contributed by atoms with Crippen molar-refractivity contribution in [3.8, 4) is 5.88 Å². The Kier molecular flexibility index (Phi) is 4.41. The summed E-state index contributed by atoms with van der Waals surface area (Å²) >= 11 is 0. The van der Waals surface area contributed by atoms with Crippen LogP contribution in [0.15, 0.2) is 42.5 Å². The summed E-state index contributed by atoms with van der Waals surface area (Å²) in [6, 6.07) is 13.5. The van der Waals surface area contributed by atoms with Gasteiger partial charge in [0, 0.05) is 18.2 Å². The highest BCUT2D eigenvalue weighted by molar-refractivity contribution is 5.73. The van der Waals surface area contributed by atoms with Crippen LogP contribution in [0.2, 0.25) is 0 Å². The number of benzene rings is 1. The Hall–Kier alpha value is -2.63. The average molecular weight is 312 g/mol. The van der Waals surface area contributed by atoms with Crippen molar-refractivity contribution in [1.82, 2.24) is 20.1 Å². The van der Waals surface area contributed by atoms with Crippen LogP contribution in [0, 0.1) is 0 Å². The molecule has 3 rings (SSSR count). The summed E-state index contributed by atoms with van der Waals surface area (Å²) in [6.07, 6.45) is 0.665. The van der Waals surface area contributed by atoms with E-state index in [-0.39, 0.29) is 12.2 Å². The summed E-state index contributed by atoms with van der Waals surface area (Å²) in [7, 11) is 0. The van der Waals surface area contributed by atoms with Gasteiger partial charge in [-0.1, -0.05) is 23.0 Å². The fourth-order valence-corrected chi connectivity index (χ4v) is 2.31. The Labute approximate surface area is 135 Å². The van der Waals surface area contributed by atoms with E-state index in [0.29, 0.717) is 12.3 Å². The van der Waals surface area contributed by atoms with Gasteiger partial charge < -0.3 is 9.57 Å². The first-order valence-corrected chi connectivity index (χ1v) is 7.72. The third kappa shape index (κ3) is 3.77. The predicted molar refractivity (Wildman–Crippen MR) is 87.3 cm³/mol. The molecule has 2 aromatic heterocycles. The lowest BCUT2D eigenvalue weighted by molar-refractivity contribution is 0.0300. The van der Waals surface area contributed by atoms with E-state index in [1.807, 2.05) is 63.2 Å². The third-order valence-electron chi connectivity index (χ3n) is 3.24. The molecule has 1 atom stereocenters. The average Bonchev–Trinajstić information content (AvgIpc) is 2.90. The fourth-order valence-electron chi connectivity index (χ4n) is 2.31. The maximum atomic E-state index is 5.85. The van der Waals surface area contributed by atoms with Gasteiger partial charge in [-0.05, 0) is 44.2 Å². The van der Waals surface area contributed by atoms with Gasteiger partial charge in [-0.2, -0.15) is 0 Å². The monoisotopic (exact) mass is 312 g/mol. The molecule has 23 heavy (non-hydrogen) atoms. The van der Waals surface area contributed by atoms with Crippen molar-refractivity contribution in [2.24, 2.45) is 0 Å². The van der Waals surface area contributed by atoms with Crippen molar-refractivity contribution in [3.63, 3.8) is 0 Å². The first kappa shape index (κ1) is 15.3. The van der Waals surface area contributed by atoms with E-state index >= 15 is 0 Å². The number of hydrogen-bond acceptors (Lipinski definition) is 5. The van der Waals surface area contributed by atoms with Crippen LogP contribution in [0.3, 0.4) is 0 Å². The van der Waals surface area contributed by atoms with Gasteiger partial charge >= 0.3 is 0 Å². The largest absolute Gasteiger partial charge is 0.475 e. The van der Waals surface area contributed by atoms with Crippen molar-refractivity contribution in [2.75, 3.05) is 0 Å². The van der Waals surface area contributed by atoms with Crippen LogP contribution in [0.5, 0.6) is 5.88 Å². The van der Waals surface area contributed by atoms with Crippen LogP contribution in [-0.4, -0.2) is 32.3 Å². The lowest BCUT2D eigenvalue weighted by Gasteiger charge is -2.14. The standard InChI is InChI=1S/C17H20N4O2/c1-12(2)22-17-10-6-7-14(18-17)11-13(3)23-21-16-9-5-4-8-15(16)19-20-21/h4-10,12-13H,11H2,1-3H3. The third-order valence-corrected chi connectivity index (χ3v) is 3.24. The Morgan fingerprint density at radius 1 is 1.04 bits per heavy atom. The van der Waals surface area contributed by atoms with E-state index < -0.39 is 0 Å². The van der Waals surface area contributed by atoms with Crippen LogP contribution in [-0.2, 0) is 6.42 Å². The SMILES string of the molecule is CC(C)Oc1cccc(CC(C)On2nnc3ccccc32)n1. The van der Waals surface area contributed by atoms with E-state index in [4.69, 9.17) is 9.57 Å². The highest BCUT2D eigenvalue weighted by Crippen LogP contribution is 2.13. The summed E-state index contributed by atoms with van der Waals surface area (Å²) in [6.45, 7) is 5.94. The quantitative estimate of drug-likeness (QED) is 0.700. The maximum Gasteiger partial charge on any atom is 0.213 e. The highest BCUT2D eigenvalue weighted by atomic mass is 16.7. The summed E-state index contributed by atoms with van der Waals surface area (Å²) in [4.78, 5) is 11.8. The second kappa shape index (κ2) is 6.64. The first-order chi connectivity index (χ1) is 11.1. The normalized spacial score (nSPS) is 12.5. The molecule has 1 unspecified atom stereocenters. The second-order valence-corrected chi connectivity index (χ2v) is 5.71. The van der Waals surface area contributed by atoms with Gasteiger partial charge in [0.05, 0.1) is 6.10 Å². The number of aromatic nitrogens is 4. The minimum atomic E-state index is -0.0955. The molecule has 6 nitrogen and oxygen atoms in total. The Morgan fingerprint density at radius 3 is 2.70 bits per heavy atom. The second-order valence-electron chi connectivity index (χ2n) is 5.71. The molecule has 0 aliphatic rings. The zero-order chi connectivity index (χ0) is 16.2. The molecule has 0 fully saturated rings. The van der Waals surface area contributed by atoms with Gasteiger partial charge in [0.25, 0.3) is 0 Å². The Balaban J connectivity index is 1.68. The summed E-state index contributed by atoms with van der Waals surface area (Å²) in [5.74, 6) is 0.635. The summed E-state index contributed by atoms with van der Waals surface area (Å²) in [5, 5.41) is 8.11. The van der Waals surface area contributed by atoms with E-state index in [1.54, 1.807) is 0 Å². The van der Waals surface area contributed by atoms with Gasteiger partial charge in [0.1, 0.15) is 17.1 Å². The number of nitrogens with zero attached hydrogens (tertiary/aromatic N) is 4. The molecule has 2 heterocycles. The summed E-state index contributed by atoms with van der Waals surface area (Å²) < 4.78 is 5.62. The summed E-state index contributed by atoms with van der Waals surface area (Å²) in [5.41, 5.74) is 2.58. The predicted octanol–water partition coefficient (Wildman–Crippen LogP) is 2.67. The molecule has 0 aliphatic heterocycles. The molecule has 0 N–H and O–H groups in total. The van der Waals surface area contributed by atoms with E-state index in [1.165, 1.54) is 4.85 Å². The minimum absolute atomic E-state index is 0.0955. The van der Waals surface area contributed by atoms with Crippen molar-refractivity contribution >= 4 is 11.0 Å². The molecular weight excluding hydrogens is 292 g/mol. The Bertz CT molecular complexity index is 785. The zero-order valence-corrected chi connectivity index (χ0v) is 13.5. The van der Waals surface area contributed by atoms with Crippen molar-refractivity contribution in [1.29, 1.82) is 0 Å². The lowest BCUT2D eigenvalue weighted by Crippen LogP contribution is -2.25. The van der Waals surface area contributed by atoms with Crippen molar-refractivity contribution in [2.45, 2.75) is 39.4 Å². The van der Waals surface area contributed by atoms with Gasteiger partial charge in [-0.15, -0.1) is 5.10 Å². The minimum Gasteiger partial charge on any atom is -0.475 e. The number of ether oxygens (including phenoxy) is 1. The van der Waals surface area contributed by atoms with Crippen LogP contribution in [0.25, 0.3) is 11.0 Å². The molecule has 0 bridgehead atoms.